The summed E-state index contributed by atoms with van der Waals surface area (Å²) in [5, 5.41) is 0. The van der Waals surface area contributed by atoms with Crippen molar-refractivity contribution in [3.05, 3.63) is 97.2 Å². The summed E-state index contributed by atoms with van der Waals surface area (Å²) in [6, 6.07) is 0. The van der Waals surface area contributed by atoms with Crippen LogP contribution in [0.4, 0.5) is 0 Å². The molecule has 0 radical (unpaired) electrons. The zero-order chi connectivity index (χ0) is 47.2. The molecule has 0 unspecified atom stereocenters. The molecule has 0 saturated carbocycles. The average Bonchev–Trinajstić information content (AvgIpc) is 3.30. The summed E-state index contributed by atoms with van der Waals surface area (Å²) in [7, 11) is 0. The summed E-state index contributed by atoms with van der Waals surface area (Å²) in [5.41, 5.74) is 0. The maximum atomic E-state index is 12.8. The van der Waals surface area contributed by atoms with Crippen molar-refractivity contribution in [2.24, 2.45) is 0 Å². The quantitative estimate of drug-likeness (QED) is 0.0262. The minimum Gasteiger partial charge on any atom is -0.462 e. The highest BCUT2D eigenvalue weighted by molar-refractivity contribution is 5.71. The number of ether oxygens (including phenoxy) is 3. The van der Waals surface area contributed by atoms with Crippen molar-refractivity contribution in [1.82, 2.24) is 0 Å². The van der Waals surface area contributed by atoms with Crippen molar-refractivity contribution >= 4 is 17.9 Å². The molecule has 0 aromatic carbocycles. The molecule has 0 N–H and O–H groups in total. The lowest BCUT2D eigenvalue weighted by molar-refractivity contribution is -0.167. The van der Waals surface area contributed by atoms with E-state index in [4.69, 9.17) is 14.2 Å². The molecule has 0 aliphatic rings. The van der Waals surface area contributed by atoms with Crippen LogP contribution in [0.2, 0.25) is 0 Å². The van der Waals surface area contributed by atoms with Crippen LogP contribution in [0.3, 0.4) is 0 Å². The van der Waals surface area contributed by atoms with Crippen molar-refractivity contribution in [3.63, 3.8) is 0 Å². The lowest BCUT2D eigenvalue weighted by Gasteiger charge is -2.18. The first-order chi connectivity index (χ1) is 32.0. The Kier molecular flexibility index (Phi) is 50.0. The number of carbonyl (C=O) groups excluding carboxylic acids is 3. The van der Waals surface area contributed by atoms with E-state index in [2.05, 4.69) is 118 Å². The molecule has 65 heavy (non-hydrogen) atoms. The third-order valence-corrected chi connectivity index (χ3v) is 11.0. The molecule has 1 atom stereocenters. The minimum atomic E-state index is -0.808. The van der Waals surface area contributed by atoms with E-state index in [0.717, 1.165) is 103 Å². The Labute approximate surface area is 400 Å². The summed E-state index contributed by atoms with van der Waals surface area (Å²) >= 11 is 0. The van der Waals surface area contributed by atoms with E-state index in [0.29, 0.717) is 19.3 Å². The molecule has 0 fully saturated rings. The molecule has 6 heteroatoms. The number of hydrogen-bond acceptors (Lipinski definition) is 6. The Morgan fingerprint density at radius 2 is 0.615 bits per heavy atom. The zero-order valence-corrected chi connectivity index (χ0v) is 42.2. The van der Waals surface area contributed by atoms with E-state index in [1.165, 1.54) is 89.9 Å². The molecule has 0 aliphatic carbocycles. The van der Waals surface area contributed by atoms with Gasteiger partial charge >= 0.3 is 17.9 Å². The Hall–Kier alpha value is -3.67. The Balaban J connectivity index is 4.50. The summed E-state index contributed by atoms with van der Waals surface area (Å²) in [6.45, 7) is 6.42. The van der Waals surface area contributed by atoms with Gasteiger partial charge in [-0.2, -0.15) is 0 Å². The first-order valence-corrected chi connectivity index (χ1v) is 26.7. The molecule has 0 aromatic heterocycles. The van der Waals surface area contributed by atoms with Gasteiger partial charge in [0.05, 0.1) is 0 Å². The summed E-state index contributed by atoms with van der Waals surface area (Å²) < 4.78 is 16.8. The van der Waals surface area contributed by atoms with Crippen LogP contribution in [0, 0.1) is 0 Å². The second-order valence-electron chi connectivity index (χ2n) is 17.4. The highest BCUT2D eigenvalue weighted by Gasteiger charge is 2.19. The van der Waals surface area contributed by atoms with Crippen molar-refractivity contribution in [1.29, 1.82) is 0 Å². The van der Waals surface area contributed by atoms with E-state index in [1.807, 2.05) is 0 Å². The lowest BCUT2D eigenvalue weighted by atomic mass is 10.1. The van der Waals surface area contributed by atoms with Crippen LogP contribution < -0.4 is 0 Å². The fourth-order valence-corrected chi connectivity index (χ4v) is 7.03. The monoisotopic (exact) mass is 903 g/mol. The normalized spacial score (nSPS) is 12.8. The van der Waals surface area contributed by atoms with Crippen LogP contribution in [0.25, 0.3) is 0 Å². The maximum absolute atomic E-state index is 12.8. The van der Waals surface area contributed by atoms with E-state index < -0.39 is 6.10 Å². The van der Waals surface area contributed by atoms with Gasteiger partial charge in [0.2, 0.25) is 0 Å². The van der Waals surface area contributed by atoms with E-state index in [9.17, 15) is 14.4 Å². The van der Waals surface area contributed by atoms with Gasteiger partial charge in [-0.1, -0.05) is 201 Å². The maximum Gasteiger partial charge on any atom is 0.306 e. The number of hydrogen-bond donors (Lipinski definition) is 0. The molecule has 0 heterocycles. The van der Waals surface area contributed by atoms with Crippen LogP contribution in [-0.2, 0) is 28.6 Å². The van der Waals surface area contributed by atoms with Crippen molar-refractivity contribution in [2.75, 3.05) is 13.2 Å². The fourth-order valence-electron chi connectivity index (χ4n) is 7.03. The third-order valence-electron chi connectivity index (χ3n) is 11.0. The lowest BCUT2D eigenvalue weighted by Crippen LogP contribution is -2.30. The number of rotatable bonds is 47. The summed E-state index contributed by atoms with van der Waals surface area (Å²) in [6.07, 6.45) is 69.6. The highest BCUT2D eigenvalue weighted by Crippen LogP contribution is 2.13. The largest absolute Gasteiger partial charge is 0.462 e. The number of esters is 3. The zero-order valence-electron chi connectivity index (χ0n) is 42.2. The number of carbonyl (C=O) groups is 3. The molecule has 6 nitrogen and oxygen atoms in total. The van der Waals surface area contributed by atoms with Crippen molar-refractivity contribution in [3.8, 4) is 0 Å². The predicted octanol–water partition coefficient (Wildman–Crippen LogP) is 17.8. The van der Waals surface area contributed by atoms with Crippen molar-refractivity contribution < 1.29 is 28.6 Å². The molecular formula is C59H98O6. The van der Waals surface area contributed by atoms with Crippen LogP contribution in [-0.4, -0.2) is 37.2 Å². The standard InChI is InChI=1S/C59H98O6/c1-4-7-10-13-16-19-22-25-27-29-31-34-37-40-43-46-49-52-58(61)64-55-56(54-63-57(60)51-48-45-42-39-36-33-24-21-18-15-12-9-6-3)65-59(62)53-50-47-44-41-38-35-32-30-28-26-23-20-17-14-11-8-5-2/h7,10,16-17,19-21,24-28,31,34,40,43,56H,4-6,8-9,11-15,18,22-23,29-30,32-33,35-39,41-42,44-55H2,1-3H3/b10-7-,19-16-,20-17-,24-21-,27-25-,28-26-,34-31-,43-40-/t56-/m1/s1. The van der Waals surface area contributed by atoms with Gasteiger partial charge in [-0.15, -0.1) is 0 Å². The van der Waals surface area contributed by atoms with E-state index >= 15 is 0 Å². The van der Waals surface area contributed by atoms with Gasteiger partial charge < -0.3 is 14.2 Å². The number of unbranched alkanes of at least 4 members (excludes halogenated alkanes) is 20. The molecular weight excluding hydrogens is 805 g/mol. The first-order valence-electron chi connectivity index (χ1n) is 26.7. The average molecular weight is 903 g/mol. The summed E-state index contributed by atoms with van der Waals surface area (Å²) in [4.78, 5) is 38.0. The molecule has 0 aromatic rings. The minimum absolute atomic E-state index is 0.104. The fraction of sp³-hybridized carbons (Fsp3) is 0.678. The second-order valence-corrected chi connectivity index (χ2v) is 17.4. The Morgan fingerprint density at radius 3 is 1.05 bits per heavy atom. The van der Waals surface area contributed by atoms with Gasteiger partial charge in [0.25, 0.3) is 0 Å². The summed E-state index contributed by atoms with van der Waals surface area (Å²) in [5.74, 6) is -0.982. The first kappa shape index (κ1) is 61.3. The van der Waals surface area contributed by atoms with E-state index in [-0.39, 0.29) is 37.5 Å². The molecule has 0 aliphatic heterocycles. The smallest absolute Gasteiger partial charge is 0.306 e. The molecule has 0 amide bonds. The molecule has 370 valence electrons. The van der Waals surface area contributed by atoms with Gasteiger partial charge in [0.1, 0.15) is 13.2 Å². The van der Waals surface area contributed by atoms with Gasteiger partial charge in [0.15, 0.2) is 6.10 Å². The van der Waals surface area contributed by atoms with Gasteiger partial charge in [-0.25, -0.2) is 0 Å². The van der Waals surface area contributed by atoms with Crippen molar-refractivity contribution in [2.45, 2.75) is 245 Å². The second kappa shape index (κ2) is 52.9. The van der Waals surface area contributed by atoms with E-state index in [1.54, 1.807) is 0 Å². The molecule has 0 saturated heterocycles. The van der Waals surface area contributed by atoms with Gasteiger partial charge in [0, 0.05) is 19.3 Å². The molecule has 0 rings (SSSR count). The Bertz CT molecular complexity index is 1310. The predicted molar refractivity (Wildman–Crippen MR) is 279 cm³/mol. The highest BCUT2D eigenvalue weighted by atomic mass is 16.6. The van der Waals surface area contributed by atoms with Gasteiger partial charge in [-0.3, -0.25) is 14.4 Å². The Morgan fingerprint density at radius 1 is 0.323 bits per heavy atom. The molecule has 0 spiro atoms. The van der Waals surface area contributed by atoms with Crippen LogP contribution in [0.1, 0.15) is 239 Å². The number of allylic oxidation sites excluding steroid dienone is 16. The van der Waals surface area contributed by atoms with Gasteiger partial charge in [-0.05, 0) is 116 Å². The van der Waals surface area contributed by atoms with Crippen LogP contribution >= 0.6 is 0 Å². The SMILES string of the molecule is CC/C=C\C/C=C\C/C=C\C/C=C\C/C=C\CCCC(=O)OC[C@@H](COC(=O)CCCCCCC/C=C\CCCCCC)OC(=O)CCCCCCCCC/C=C\C/C=C\CCCCC. The van der Waals surface area contributed by atoms with Crippen LogP contribution in [0.15, 0.2) is 97.2 Å². The third kappa shape index (κ3) is 51.2. The molecule has 0 bridgehead atoms. The van der Waals surface area contributed by atoms with Crippen LogP contribution in [0.5, 0.6) is 0 Å². The topological polar surface area (TPSA) is 78.9 Å².